The molecule has 0 fully saturated rings. The molecule has 1 heterocycles. The number of anilines is 1. The van der Waals surface area contributed by atoms with Gasteiger partial charge in [0, 0.05) is 24.8 Å². The lowest BCUT2D eigenvalue weighted by Crippen LogP contribution is -2.23. The van der Waals surface area contributed by atoms with Gasteiger partial charge in [-0.1, -0.05) is 36.7 Å². The number of aromatic nitrogens is 1. The summed E-state index contributed by atoms with van der Waals surface area (Å²) in [7, 11) is 2.05. The van der Waals surface area contributed by atoms with Crippen molar-refractivity contribution in [3.8, 4) is 0 Å². The maximum atomic E-state index is 6.29. The van der Waals surface area contributed by atoms with Crippen LogP contribution in [-0.2, 0) is 6.54 Å². The number of halogens is 1. The highest BCUT2D eigenvalue weighted by Crippen LogP contribution is 2.29. The molecule has 0 saturated heterocycles. The standard InChI is InChI=1S/C17H22ClN3/c1-4-19-12-14-9-10-20-17(11-14)21(3)13(2)15-7-5-6-8-16(15)18/h5-11,13,19H,4,12H2,1-3H3. The fourth-order valence-electron chi connectivity index (χ4n) is 2.25. The van der Waals surface area contributed by atoms with Crippen LogP contribution in [0.1, 0.15) is 31.0 Å². The average molecular weight is 304 g/mol. The van der Waals surface area contributed by atoms with E-state index >= 15 is 0 Å². The summed E-state index contributed by atoms with van der Waals surface area (Å²) in [6.45, 7) is 6.07. The monoisotopic (exact) mass is 303 g/mol. The Labute approximate surface area is 132 Å². The van der Waals surface area contributed by atoms with Crippen molar-refractivity contribution in [2.75, 3.05) is 18.5 Å². The number of rotatable bonds is 6. The van der Waals surface area contributed by atoms with Gasteiger partial charge in [0.25, 0.3) is 0 Å². The van der Waals surface area contributed by atoms with Crippen molar-refractivity contribution < 1.29 is 0 Å². The first-order valence-electron chi connectivity index (χ1n) is 7.26. The molecule has 4 heteroatoms. The van der Waals surface area contributed by atoms with Gasteiger partial charge in [-0.3, -0.25) is 0 Å². The zero-order chi connectivity index (χ0) is 15.2. The minimum atomic E-state index is 0.167. The predicted molar refractivity (Wildman–Crippen MR) is 89.9 cm³/mol. The van der Waals surface area contributed by atoms with Gasteiger partial charge in [-0.15, -0.1) is 0 Å². The maximum absolute atomic E-state index is 6.29. The quantitative estimate of drug-likeness (QED) is 0.873. The van der Waals surface area contributed by atoms with Gasteiger partial charge in [-0.05, 0) is 42.8 Å². The van der Waals surface area contributed by atoms with Crippen molar-refractivity contribution in [1.29, 1.82) is 0 Å². The first-order valence-corrected chi connectivity index (χ1v) is 7.64. The fraction of sp³-hybridized carbons (Fsp3) is 0.353. The normalized spacial score (nSPS) is 12.2. The van der Waals surface area contributed by atoms with E-state index in [2.05, 4.69) is 41.2 Å². The molecule has 0 aliphatic heterocycles. The van der Waals surface area contributed by atoms with Gasteiger partial charge in [-0.25, -0.2) is 4.98 Å². The largest absolute Gasteiger partial charge is 0.353 e. The molecule has 0 amide bonds. The SMILES string of the molecule is CCNCc1ccnc(N(C)C(C)c2ccccc2Cl)c1. The van der Waals surface area contributed by atoms with Crippen LogP contribution in [0.3, 0.4) is 0 Å². The van der Waals surface area contributed by atoms with E-state index in [4.69, 9.17) is 11.6 Å². The van der Waals surface area contributed by atoms with Crippen LogP contribution in [0, 0.1) is 0 Å². The molecule has 0 aliphatic rings. The number of pyridine rings is 1. The first-order chi connectivity index (χ1) is 10.1. The van der Waals surface area contributed by atoms with E-state index in [0.29, 0.717) is 0 Å². The third kappa shape index (κ3) is 3.96. The minimum absolute atomic E-state index is 0.167. The van der Waals surface area contributed by atoms with Crippen LogP contribution in [0.4, 0.5) is 5.82 Å². The molecule has 0 aliphatic carbocycles. The number of nitrogens with one attached hydrogen (secondary N) is 1. The van der Waals surface area contributed by atoms with Crippen LogP contribution in [0.15, 0.2) is 42.6 Å². The van der Waals surface area contributed by atoms with Crippen LogP contribution >= 0.6 is 11.6 Å². The lowest BCUT2D eigenvalue weighted by atomic mass is 10.1. The Kier molecular flexibility index (Phi) is 5.59. The molecule has 1 N–H and O–H groups in total. The van der Waals surface area contributed by atoms with Crippen LogP contribution < -0.4 is 10.2 Å². The van der Waals surface area contributed by atoms with Crippen LogP contribution in [-0.4, -0.2) is 18.6 Å². The van der Waals surface area contributed by atoms with Gasteiger partial charge < -0.3 is 10.2 Å². The van der Waals surface area contributed by atoms with E-state index in [1.165, 1.54) is 5.56 Å². The molecule has 2 aromatic rings. The van der Waals surface area contributed by atoms with Gasteiger partial charge in [0.05, 0.1) is 6.04 Å². The van der Waals surface area contributed by atoms with Crippen LogP contribution in [0.25, 0.3) is 0 Å². The van der Waals surface area contributed by atoms with Crippen molar-refractivity contribution in [3.05, 3.63) is 58.7 Å². The first kappa shape index (κ1) is 15.8. The molecule has 1 atom stereocenters. The van der Waals surface area contributed by atoms with Gasteiger partial charge in [0.1, 0.15) is 5.82 Å². The maximum Gasteiger partial charge on any atom is 0.129 e. The Balaban J connectivity index is 2.19. The summed E-state index contributed by atoms with van der Waals surface area (Å²) in [6, 6.07) is 12.3. The molecule has 1 aromatic heterocycles. The molecule has 112 valence electrons. The molecule has 21 heavy (non-hydrogen) atoms. The average Bonchev–Trinajstić information content (AvgIpc) is 2.52. The summed E-state index contributed by atoms with van der Waals surface area (Å²) >= 11 is 6.29. The summed E-state index contributed by atoms with van der Waals surface area (Å²) in [6.07, 6.45) is 1.86. The molecule has 0 spiro atoms. The van der Waals surface area contributed by atoms with Crippen molar-refractivity contribution in [2.24, 2.45) is 0 Å². The predicted octanol–water partition coefficient (Wildman–Crippen LogP) is 4.04. The Morgan fingerprint density at radius 1 is 1.29 bits per heavy atom. The lowest BCUT2D eigenvalue weighted by Gasteiger charge is -2.27. The summed E-state index contributed by atoms with van der Waals surface area (Å²) in [5.41, 5.74) is 2.35. The molecular weight excluding hydrogens is 282 g/mol. The molecule has 0 saturated carbocycles. The van der Waals surface area contributed by atoms with Gasteiger partial charge in [-0.2, -0.15) is 0 Å². The van der Waals surface area contributed by atoms with E-state index in [1.807, 2.05) is 37.5 Å². The Hall–Kier alpha value is -1.58. The summed E-state index contributed by atoms with van der Waals surface area (Å²) in [5, 5.41) is 4.13. The van der Waals surface area contributed by atoms with E-state index in [9.17, 15) is 0 Å². The minimum Gasteiger partial charge on any atom is -0.353 e. The second-order valence-electron chi connectivity index (χ2n) is 5.11. The van der Waals surface area contributed by atoms with Crippen molar-refractivity contribution in [3.63, 3.8) is 0 Å². The molecule has 2 rings (SSSR count). The second kappa shape index (κ2) is 7.43. The van der Waals surface area contributed by atoms with E-state index < -0.39 is 0 Å². The highest BCUT2D eigenvalue weighted by atomic mass is 35.5. The van der Waals surface area contributed by atoms with Gasteiger partial charge in [0.15, 0.2) is 0 Å². The van der Waals surface area contributed by atoms with Crippen molar-refractivity contribution in [1.82, 2.24) is 10.3 Å². The molecule has 1 aromatic carbocycles. The Morgan fingerprint density at radius 2 is 2.05 bits per heavy atom. The zero-order valence-corrected chi connectivity index (χ0v) is 13.6. The Morgan fingerprint density at radius 3 is 2.76 bits per heavy atom. The molecule has 0 bridgehead atoms. The molecule has 1 unspecified atom stereocenters. The van der Waals surface area contributed by atoms with Gasteiger partial charge in [0.2, 0.25) is 0 Å². The number of hydrogen-bond donors (Lipinski definition) is 1. The van der Waals surface area contributed by atoms with E-state index in [0.717, 1.165) is 29.5 Å². The van der Waals surface area contributed by atoms with Crippen molar-refractivity contribution >= 4 is 17.4 Å². The fourth-order valence-corrected chi connectivity index (χ4v) is 2.55. The molecule has 0 radical (unpaired) electrons. The van der Waals surface area contributed by atoms with Crippen LogP contribution in [0.5, 0.6) is 0 Å². The summed E-state index contributed by atoms with van der Waals surface area (Å²) in [5.74, 6) is 0.956. The van der Waals surface area contributed by atoms with Gasteiger partial charge >= 0.3 is 0 Å². The molecule has 3 nitrogen and oxygen atoms in total. The van der Waals surface area contributed by atoms with E-state index in [-0.39, 0.29) is 6.04 Å². The topological polar surface area (TPSA) is 28.2 Å². The molecular formula is C17H22ClN3. The Bertz CT molecular complexity index is 586. The number of hydrogen-bond acceptors (Lipinski definition) is 3. The highest BCUT2D eigenvalue weighted by Gasteiger charge is 2.16. The summed E-state index contributed by atoms with van der Waals surface area (Å²) in [4.78, 5) is 6.63. The number of nitrogens with zero attached hydrogens (tertiary/aromatic N) is 2. The van der Waals surface area contributed by atoms with Crippen molar-refractivity contribution in [2.45, 2.75) is 26.4 Å². The number of benzene rings is 1. The third-order valence-electron chi connectivity index (χ3n) is 3.69. The summed E-state index contributed by atoms with van der Waals surface area (Å²) < 4.78 is 0. The smallest absolute Gasteiger partial charge is 0.129 e. The zero-order valence-electron chi connectivity index (χ0n) is 12.8. The highest BCUT2D eigenvalue weighted by molar-refractivity contribution is 6.31. The van der Waals surface area contributed by atoms with E-state index in [1.54, 1.807) is 0 Å². The lowest BCUT2D eigenvalue weighted by molar-refractivity contribution is 0.713. The second-order valence-corrected chi connectivity index (χ2v) is 5.52. The van der Waals surface area contributed by atoms with Crippen LogP contribution in [0.2, 0.25) is 5.02 Å². The third-order valence-corrected chi connectivity index (χ3v) is 4.03.